The molecule has 0 aliphatic heterocycles. The Kier molecular flexibility index (Phi) is 13.6. The van der Waals surface area contributed by atoms with Gasteiger partial charge in [0.1, 0.15) is 0 Å². The highest BCUT2D eigenvalue weighted by Gasteiger charge is 2.23. The SMILES string of the molecule is C/C=C/OCCCCO[Si](C)(C)OCCCCO/C=C/C. The Bertz CT molecular complexity index is 251. The normalized spacial score (nSPS) is 12.4. The van der Waals surface area contributed by atoms with Gasteiger partial charge in [0, 0.05) is 13.2 Å². The molecule has 0 aliphatic rings. The second-order valence-electron chi connectivity index (χ2n) is 5.19. The molecule has 0 aliphatic carbocycles. The van der Waals surface area contributed by atoms with Gasteiger partial charge in [0.2, 0.25) is 0 Å². The van der Waals surface area contributed by atoms with E-state index in [0.29, 0.717) is 0 Å². The van der Waals surface area contributed by atoms with Crippen molar-refractivity contribution in [3.8, 4) is 0 Å². The minimum atomic E-state index is -1.96. The Morgan fingerprint density at radius 1 is 0.667 bits per heavy atom. The van der Waals surface area contributed by atoms with Gasteiger partial charge in [-0.05, 0) is 52.6 Å². The van der Waals surface area contributed by atoms with Crippen molar-refractivity contribution in [3.05, 3.63) is 24.7 Å². The van der Waals surface area contributed by atoms with Crippen LogP contribution in [0.3, 0.4) is 0 Å². The molecule has 0 N–H and O–H groups in total. The lowest BCUT2D eigenvalue weighted by molar-refractivity contribution is 0.160. The first kappa shape index (κ1) is 20.2. The van der Waals surface area contributed by atoms with Crippen LogP contribution >= 0.6 is 0 Å². The molecule has 0 saturated carbocycles. The second kappa shape index (κ2) is 14.2. The lowest BCUT2D eigenvalue weighted by Gasteiger charge is -2.22. The highest BCUT2D eigenvalue weighted by atomic mass is 28.4. The van der Waals surface area contributed by atoms with Crippen LogP contribution in [0.25, 0.3) is 0 Å². The van der Waals surface area contributed by atoms with E-state index >= 15 is 0 Å². The fourth-order valence-corrected chi connectivity index (χ4v) is 2.94. The first-order valence-electron chi connectivity index (χ1n) is 7.86. The van der Waals surface area contributed by atoms with E-state index in [0.717, 1.165) is 52.1 Å². The third-order valence-electron chi connectivity index (χ3n) is 2.68. The lowest BCUT2D eigenvalue weighted by atomic mass is 10.3. The van der Waals surface area contributed by atoms with Crippen molar-refractivity contribution in [1.82, 2.24) is 0 Å². The van der Waals surface area contributed by atoms with Crippen molar-refractivity contribution in [2.75, 3.05) is 26.4 Å². The average Bonchev–Trinajstić information content (AvgIpc) is 2.45. The fourth-order valence-electron chi connectivity index (χ4n) is 1.58. The largest absolute Gasteiger partial charge is 0.502 e. The van der Waals surface area contributed by atoms with Crippen LogP contribution in [-0.2, 0) is 18.3 Å². The molecule has 0 rings (SSSR count). The number of hydrogen-bond donors (Lipinski definition) is 0. The number of unbranched alkanes of at least 4 members (excludes halogenated alkanes) is 2. The maximum Gasteiger partial charge on any atom is 0.331 e. The minimum absolute atomic E-state index is 0.753. The molecule has 0 fully saturated rings. The average molecular weight is 317 g/mol. The monoisotopic (exact) mass is 316 g/mol. The quantitative estimate of drug-likeness (QED) is 0.271. The molecule has 0 aromatic heterocycles. The third kappa shape index (κ3) is 15.4. The van der Waals surface area contributed by atoms with E-state index in [1.165, 1.54) is 0 Å². The predicted octanol–water partition coefficient (Wildman–Crippen LogP) is 4.38. The maximum absolute atomic E-state index is 5.88. The summed E-state index contributed by atoms with van der Waals surface area (Å²) in [7, 11) is -1.96. The van der Waals surface area contributed by atoms with Crippen LogP contribution in [0, 0.1) is 0 Å². The summed E-state index contributed by atoms with van der Waals surface area (Å²) in [6.07, 6.45) is 11.3. The molecular weight excluding hydrogens is 284 g/mol. The lowest BCUT2D eigenvalue weighted by Crippen LogP contribution is -2.35. The van der Waals surface area contributed by atoms with Crippen LogP contribution in [0.1, 0.15) is 39.5 Å². The van der Waals surface area contributed by atoms with Gasteiger partial charge in [-0.15, -0.1) is 0 Å². The summed E-state index contributed by atoms with van der Waals surface area (Å²) in [5.74, 6) is 0. The molecule has 5 heteroatoms. The van der Waals surface area contributed by atoms with E-state index in [4.69, 9.17) is 18.3 Å². The molecule has 21 heavy (non-hydrogen) atoms. The summed E-state index contributed by atoms with van der Waals surface area (Å²) >= 11 is 0. The highest BCUT2D eigenvalue weighted by molar-refractivity contribution is 6.64. The molecule has 0 aromatic carbocycles. The molecule has 0 atom stereocenters. The summed E-state index contributed by atoms with van der Waals surface area (Å²) in [4.78, 5) is 0. The van der Waals surface area contributed by atoms with E-state index < -0.39 is 8.56 Å². The molecule has 0 spiro atoms. The molecule has 0 amide bonds. The molecule has 0 heterocycles. The Hall–Kier alpha value is -0.783. The van der Waals surface area contributed by atoms with Crippen molar-refractivity contribution in [2.24, 2.45) is 0 Å². The maximum atomic E-state index is 5.88. The van der Waals surface area contributed by atoms with E-state index in [1.807, 2.05) is 26.0 Å². The summed E-state index contributed by atoms with van der Waals surface area (Å²) in [5.41, 5.74) is 0. The van der Waals surface area contributed by atoms with E-state index in [9.17, 15) is 0 Å². The van der Waals surface area contributed by atoms with Crippen LogP contribution in [0.5, 0.6) is 0 Å². The van der Waals surface area contributed by atoms with Crippen LogP contribution in [-0.4, -0.2) is 35.0 Å². The Labute approximate surface area is 131 Å². The van der Waals surface area contributed by atoms with Crippen LogP contribution in [0.15, 0.2) is 24.7 Å². The van der Waals surface area contributed by atoms with Crippen molar-refractivity contribution in [1.29, 1.82) is 0 Å². The number of rotatable bonds is 14. The molecule has 0 unspecified atom stereocenters. The number of ether oxygens (including phenoxy) is 2. The molecule has 0 saturated heterocycles. The van der Waals surface area contributed by atoms with E-state index in [1.54, 1.807) is 12.5 Å². The summed E-state index contributed by atoms with van der Waals surface area (Å²) < 4.78 is 22.3. The van der Waals surface area contributed by atoms with Gasteiger partial charge in [0.25, 0.3) is 0 Å². The Balaban J connectivity index is 3.42. The highest BCUT2D eigenvalue weighted by Crippen LogP contribution is 2.09. The molecule has 4 nitrogen and oxygen atoms in total. The fraction of sp³-hybridized carbons (Fsp3) is 0.750. The van der Waals surface area contributed by atoms with Crippen molar-refractivity contribution in [2.45, 2.75) is 52.6 Å². The van der Waals surface area contributed by atoms with Crippen LogP contribution in [0.4, 0.5) is 0 Å². The summed E-state index contributed by atoms with van der Waals surface area (Å²) in [6, 6.07) is 0. The van der Waals surface area contributed by atoms with Crippen LogP contribution in [0.2, 0.25) is 13.1 Å². The topological polar surface area (TPSA) is 36.9 Å². The first-order chi connectivity index (χ1) is 10.1. The first-order valence-corrected chi connectivity index (χ1v) is 10.7. The number of hydrogen-bond acceptors (Lipinski definition) is 4. The van der Waals surface area contributed by atoms with Gasteiger partial charge in [0.05, 0.1) is 25.7 Å². The molecule has 124 valence electrons. The van der Waals surface area contributed by atoms with Gasteiger partial charge in [-0.3, -0.25) is 0 Å². The zero-order valence-corrected chi connectivity index (χ0v) is 15.1. The second-order valence-corrected chi connectivity index (χ2v) is 8.57. The van der Waals surface area contributed by atoms with Gasteiger partial charge in [-0.1, -0.05) is 12.2 Å². The zero-order valence-electron chi connectivity index (χ0n) is 14.1. The van der Waals surface area contributed by atoms with E-state index in [2.05, 4.69) is 13.1 Å². The van der Waals surface area contributed by atoms with Gasteiger partial charge < -0.3 is 18.3 Å². The van der Waals surface area contributed by atoms with Gasteiger partial charge in [-0.2, -0.15) is 0 Å². The zero-order chi connectivity index (χ0) is 15.8. The standard InChI is InChI=1S/C16H32O4Si/c1-5-11-17-13-7-9-15-19-21(3,4)20-16-10-8-14-18-12-6-2/h5-6,11-12H,7-10,13-16H2,1-4H3/b11-5+,12-6+. The van der Waals surface area contributed by atoms with Crippen molar-refractivity contribution in [3.63, 3.8) is 0 Å². The Morgan fingerprint density at radius 2 is 1.05 bits per heavy atom. The van der Waals surface area contributed by atoms with Crippen molar-refractivity contribution < 1.29 is 18.3 Å². The van der Waals surface area contributed by atoms with Crippen LogP contribution < -0.4 is 0 Å². The third-order valence-corrected chi connectivity index (χ3v) is 4.48. The van der Waals surface area contributed by atoms with Crippen molar-refractivity contribution >= 4 is 8.56 Å². The molecular formula is C16H32O4Si. The van der Waals surface area contributed by atoms with Gasteiger partial charge in [0.15, 0.2) is 0 Å². The van der Waals surface area contributed by atoms with Gasteiger partial charge >= 0.3 is 8.56 Å². The molecule has 0 bridgehead atoms. The van der Waals surface area contributed by atoms with E-state index in [-0.39, 0.29) is 0 Å². The summed E-state index contributed by atoms with van der Waals surface area (Å²) in [6.45, 7) is 11.1. The molecule has 0 radical (unpaired) electrons. The number of allylic oxidation sites excluding steroid dienone is 2. The smallest absolute Gasteiger partial charge is 0.331 e. The minimum Gasteiger partial charge on any atom is -0.502 e. The Morgan fingerprint density at radius 3 is 1.43 bits per heavy atom. The van der Waals surface area contributed by atoms with Gasteiger partial charge in [-0.25, -0.2) is 0 Å². The predicted molar refractivity (Wildman–Crippen MR) is 89.4 cm³/mol. The summed E-state index contributed by atoms with van der Waals surface area (Å²) in [5, 5.41) is 0. The molecule has 0 aromatic rings.